The molecule has 0 atom stereocenters. The van der Waals surface area contributed by atoms with Crippen LogP contribution in [0.15, 0.2) is 42.5 Å². The average molecular weight is 365 g/mol. The van der Waals surface area contributed by atoms with Crippen molar-refractivity contribution in [1.82, 2.24) is 9.97 Å². The first kappa shape index (κ1) is 17.9. The van der Waals surface area contributed by atoms with Gasteiger partial charge in [0.05, 0.1) is 12.8 Å². The van der Waals surface area contributed by atoms with Gasteiger partial charge in [-0.1, -0.05) is 12.1 Å². The summed E-state index contributed by atoms with van der Waals surface area (Å²) < 4.78 is 24.2. The summed E-state index contributed by atoms with van der Waals surface area (Å²) in [5, 5.41) is 9.36. The van der Waals surface area contributed by atoms with Crippen molar-refractivity contribution in [3.05, 3.63) is 59.4 Å². The molecule has 4 N–H and O–H groups in total. The van der Waals surface area contributed by atoms with E-state index in [1.54, 1.807) is 30.3 Å². The number of halogens is 1. The lowest BCUT2D eigenvalue weighted by Crippen LogP contribution is -2.05. The van der Waals surface area contributed by atoms with Crippen LogP contribution in [0, 0.1) is 17.1 Å². The monoisotopic (exact) mass is 365 g/mol. The summed E-state index contributed by atoms with van der Waals surface area (Å²) in [5.74, 6) is 0.574. The maximum absolute atomic E-state index is 13.0. The van der Waals surface area contributed by atoms with Gasteiger partial charge in [0, 0.05) is 5.56 Å². The fourth-order valence-corrected chi connectivity index (χ4v) is 2.49. The third kappa shape index (κ3) is 3.88. The molecule has 0 radical (unpaired) electrons. The summed E-state index contributed by atoms with van der Waals surface area (Å²) in [5.41, 5.74) is 13.2. The van der Waals surface area contributed by atoms with Crippen molar-refractivity contribution in [3.8, 4) is 28.8 Å². The van der Waals surface area contributed by atoms with Crippen molar-refractivity contribution in [2.24, 2.45) is 0 Å². The minimum atomic E-state index is -0.318. The van der Waals surface area contributed by atoms with E-state index in [9.17, 15) is 9.65 Å². The standard InChI is InChI=1S/C19H16FN5O2/c1-26-15-7-4-12(17-14(9-21)18(22)25-19(23)24-17)8-16(15)27-10-11-2-5-13(20)6-3-11/h2-8H,10H2,1H3,(H4,22,23,24,25). The van der Waals surface area contributed by atoms with E-state index in [4.69, 9.17) is 20.9 Å². The van der Waals surface area contributed by atoms with Crippen LogP contribution in [0.1, 0.15) is 11.1 Å². The Bertz CT molecular complexity index is 1020. The van der Waals surface area contributed by atoms with Gasteiger partial charge in [-0.25, -0.2) is 9.37 Å². The molecule has 3 rings (SSSR count). The summed E-state index contributed by atoms with van der Waals surface area (Å²) in [4.78, 5) is 7.93. The van der Waals surface area contributed by atoms with E-state index in [1.807, 2.05) is 6.07 Å². The highest BCUT2D eigenvalue weighted by Gasteiger charge is 2.16. The second kappa shape index (κ2) is 7.58. The Morgan fingerprint density at radius 1 is 1.07 bits per heavy atom. The Hall–Kier alpha value is -3.86. The van der Waals surface area contributed by atoms with Gasteiger partial charge in [-0.3, -0.25) is 0 Å². The summed E-state index contributed by atoms with van der Waals surface area (Å²) in [6, 6.07) is 13.0. The Balaban J connectivity index is 1.97. The van der Waals surface area contributed by atoms with Crippen molar-refractivity contribution in [2.75, 3.05) is 18.6 Å². The largest absolute Gasteiger partial charge is 0.493 e. The van der Waals surface area contributed by atoms with E-state index in [-0.39, 0.29) is 29.8 Å². The predicted octanol–water partition coefficient (Wildman–Crippen LogP) is 2.91. The number of rotatable bonds is 5. The molecule has 3 aromatic rings. The van der Waals surface area contributed by atoms with E-state index in [0.29, 0.717) is 22.8 Å². The molecule has 0 spiro atoms. The van der Waals surface area contributed by atoms with E-state index >= 15 is 0 Å². The summed E-state index contributed by atoms with van der Waals surface area (Å²) in [6.45, 7) is 0.208. The molecule has 27 heavy (non-hydrogen) atoms. The summed E-state index contributed by atoms with van der Waals surface area (Å²) in [7, 11) is 1.52. The van der Waals surface area contributed by atoms with Gasteiger partial charge in [-0.15, -0.1) is 0 Å². The number of nitrogens with zero attached hydrogens (tertiary/aromatic N) is 3. The molecule has 8 heteroatoms. The number of benzene rings is 2. The first-order chi connectivity index (χ1) is 13.0. The molecule has 0 aliphatic rings. The molecular weight excluding hydrogens is 349 g/mol. The number of hydrogen-bond donors (Lipinski definition) is 2. The zero-order valence-corrected chi connectivity index (χ0v) is 14.4. The quantitative estimate of drug-likeness (QED) is 0.713. The van der Waals surface area contributed by atoms with Crippen molar-refractivity contribution in [3.63, 3.8) is 0 Å². The molecule has 0 unspecified atom stereocenters. The summed E-state index contributed by atoms with van der Waals surface area (Å²) in [6.07, 6.45) is 0. The topological polar surface area (TPSA) is 120 Å². The normalized spacial score (nSPS) is 10.3. The fourth-order valence-electron chi connectivity index (χ4n) is 2.49. The second-order valence-corrected chi connectivity index (χ2v) is 5.58. The van der Waals surface area contributed by atoms with Crippen LogP contribution in [0.3, 0.4) is 0 Å². The first-order valence-corrected chi connectivity index (χ1v) is 7.90. The van der Waals surface area contributed by atoms with Gasteiger partial charge in [-0.2, -0.15) is 10.2 Å². The number of methoxy groups -OCH3 is 1. The van der Waals surface area contributed by atoms with E-state index < -0.39 is 0 Å². The maximum Gasteiger partial charge on any atom is 0.222 e. The molecule has 1 aromatic heterocycles. The number of anilines is 2. The molecule has 136 valence electrons. The highest BCUT2D eigenvalue weighted by atomic mass is 19.1. The number of nitrogen functional groups attached to an aromatic ring is 2. The molecule has 0 saturated heterocycles. The zero-order chi connectivity index (χ0) is 19.4. The predicted molar refractivity (Wildman–Crippen MR) is 98.3 cm³/mol. The third-order valence-corrected chi connectivity index (χ3v) is 3.81. The average Bonchev–Trinajstić information content (AvgIpc) is 2.66. The molecule has 0 saturated carbocycles. The smallest absolute Gasteiger partial charge is 0.222 e. The van der Waals surface area contributed by atoms with Crippen molar-refractivity contribution in [1.29, 1.82) is 5.26 Å². The zero-order valence-electron chi connectivity index (χ0n) is 14.4. The Morgan fingerprint density at radius 2 is 1.81 bits per heavy atom. The van der Waals surface area contributed by atoms with Gasteiger partial charge < -0.3 is 20.9 Å². The minimum Gasteiger partial charge on any atom is -0.493 e. The molecule has 0 aliphatic carbocycles. The van der Waals surface area contributed by atoms with E-state index in [1.165, 1.54) is 19.2 Å². The van der Waals surface area contributed by atoms with Crippen LogP contribution in [0.4, 0.5) is 16.2 Å². The van der Waals surface area contributed by atoms with Crippen LogP contribution in [0.5, 0.6) is 11.5 Å². The lowest BCUT2D eigenvalue weighted by atomic mass is 10.1. The highest BCUT2D eigenvalue weighted by Crippen LogP contribution is 2.34. The lowest BCUT2D eigenvalue weighted by Gasteiger charge is -2.13. The molecule has 2 aromatic carbocycles. The fraction of sp³-hybridized carbons (Fsp3) is 0.105. The van der Waals surface area contributed by atoms with Crippen LogP contribution < -0.4 is 20.9 Å². The van der Waals surface area contributed by atoms with E-state index in [0.717, 1.165) is 5.56 Å². The van der Waals surface area contributed by atoms with Crippen LogP contribution in [0.2, 0.25) is 0 Å². The molecule has 0 bridgehead atoms. The van der Waals surface area contributed by atoms with Gasteiger partial charge in [0.15, 0.2) is 11.5 Å². The second-order valence-electron chi connectivity index (χ2n) is 5.58. The molecule has 0 amide bonds. The number of ether oxygens (including phenoxy) is 2. The van der Waals surface area contributed by atoms with Crippen molar-refractivity contribution < 1.29 is 13.9 Å². The molecule has 7 nitrogen and oxygen atoms in total. The van der Waals surface area contributed by atoms with Crippen molar-refractivity contribution in [2.45, 2.75) is 6.61 Å². The van der Waals surface area contributed by atoms with E-state index in [2.05, 4.69) is 9.97 Å². The lowest BCUT2D eigenvalue weighted by molar-refractivity contribution is 0.284. The Labute approximate surface area is 155 Å². The highest BCUT2D eigenvalue weighted by molar-refractivity contribution is 5.74. The number of hydrogen-bond acceptors (Lipinski definition) is 7. The maximum atomic E-state index is 13.0. The van der Waals surface area contributed by atoms with Gasteiger partial charge in [0.2, 0.25) is 5.95 Å². The molecule has 0 aliphatic heterocycles. The number of nitriles is 1. The molecular formula is C19H16FN5O2. The van der Waals surface area contributed by atoms with Crippen LogP contribution in [-0.2, 0) is 6.61 Å². The minimum absolute atomic E-state index is 0.00426. The van der Waals surface area contributed by atoms with Gasteiger partial charge in [-0.05, 0) is 35.9 Å². The number of nitrogens with two attached hydrogens (primary N) is 2. The Kier molecular flexibility index (Phi) is 5.04. The van der Waals surface area contributed by atoms with Crippen LogP contribution in [-0.4, -0.2) is 17.1 Å². The SMILES string of the molecule is COc1ccc(-c2nc(N)nc(N)c2C#N)cc1OCc1ccc(F)cc1. The first-order valence-electron chi connectivity index (χ1n) is 7.90. The van der Waals surface area contributed by atoms with Gasteiger partial charge in [0.25, 0.3) is 0 Å². The molecule has 1 heterocycles. The van der Waals surface area contributed by atoms with Crippen molar-refractivity contribution >= 4 is 11.8 Å². The van der Waals surface area contributed by atoms with Crippen LogP contribution >= 0.6 is 0 Å². The van der Waals surface area contributed by atoms with Crippen LogP contribution in [0.25, 0.3) is 11.3 Å². The van der Waals surface area contributed by atoms with Gasteiger partial charge in [0.1, 0.15) is 29.9 Å². The number of aromatic nitrogens is 2. The third-order valence-electron chi connectivity index (χ3n) is 3.81. The molecule has 0 fully saturated rings. The van der Waals surface area contributed by atoms with Gasteiger partial charge >= 0.3 is 0 Å². The Morgan fingerprint density at radius 3 is 2.48 bits per heavy atom. The summed E-state index contributed by atoms with van der Waals surface area (Å²) >= 11 is 0.